The highest BCUT2D eigenvalue weighted by molar-refractivity contribution is 5.58. The SMILES string of the molecule is COc1ccccc1N1CCN(C2CCC(O)(c3ncc(C)cc3C)CC2)CC1. The van der Waals surface area contributed by atoms with Crippen LogP contribution >= 0.6 is 0 Å². The molecule has 1 saturated heterocycles. The Hall–Kier alpha value is -2.11. The fourth-order valence-electron chi connectivity index (χ4n) is 5.10. The first-order valence-corrected chi connectivity index (χ1v) is 10.8. The van der Waals surface area contributed by atoms with Crippen LogP contribution in [0.5, 0.6) is 5.75 Å². The van der Waals surface area contributed by atoms with Gasteiger partial charge in [-0.2, -0.15) is 0 Å². The third kappa shape index (κ3) is 4.12. The summed E-state index contributed by atoms with van der Waals surface area (Å²) in [4.78, 5) is 9.63. The van der Waals surface area contributed by atoms with E-state index in [4.69, 9.17) is 4.74 Å². The van der Waals surface area contributed by atoms with Gasteiger partial charge in [0.25, 0.3) is 0 Å². The van der Waals surface area contributed by atoms with Crippen molar-refractivity contribution in [1.29, 1.82) is 0 Å². The number of nitrogens with zero attached hydrogens (tertiary/aromatic N) is 3. The monoisotopic (exact) mass is 395 g/mol. The van der Waals surface area contributed by atoms with Crippen molar-refractivity contribution in [3.8, 4) is 5.75 Å². The van der Waals surface area contributed by atoms with Gasteiger partial charge in [-0.05, 0) is 62.8 Å². The third-order valence-electron chi connectivity index (χ3n) is 6.69. The molecule has 2 fully saturated rings. The van der Waals surface area contributed by atoms with E-state index in [1.165, 1.54) is 5.69 Å². The first kappa shape index (κ1) is 20.2. The van der Waals surface area contributed by atoms with E-state index in [0.717, 1.165) is 74.4 Å². The van der Waals surface area contributed by atoms with E-state index in [-0.39, 0.29) is 0 Å². The Labute approximate surface area is 174 Å². The van der Waals surface area contributed by atoms with Crippen LogP contribution in [0, 0.1) is 13.8 Å². The topological polar surface area (TPSA) is 48.8 Å². The minimum atomic E-state index is -0.770. The summed E-state index contributed by atoms with van der Waals surface area (Å²) in [5.74, 6) is 0.949. The Bertz CT molecular complexity index is 838. The van der Waals surface area contributed by atoms with Gasteiger partial charge in [0.05, 0.1) is 18.5 Å². The van der Waals surface area contributed by atoms with Gasteiger partial charge in [0.15, 0.2) is 0 Å². The molecule has 1 aliphatic heterocycles. The number of methoxy groups -OCH3 is 1. The first-order valence-electron chi connectivity index (χ1n) is 10.8. The van der Waals surface area contributed by atoms with Gasteiger partial charge >= 0.3 is 0 Å². The van der Waals surface area contributed by atoms with Crippen LogP contribution in [0.4, 0.5) is 5.69 Å². The highest BCUT2D eigenvalue weighted by Crippen LogP contribution is 2.39. The predicted octanol–water partition coefficient (Wildman–Crippen LogP) is 3.66. The standard InChI is InChI=1S/C24H33N3O2/c1-18-16-19(2)23(25-17-18)24(28)10-8-20(9-11-24)26-12-14-27(15-13-26)21-6-4-5-7-22(21)29-3/h4-7,16-17,20,28H,8-15H2,1-3H3. The average molecular weight is 396 g/mol. The van der Waals surface area contributed by atoms with Crippen molar-refractivity contribution in [2.45, 2.75) is 51.2 Å². The van der Waals surface area contributed by atoms with Gasteiger partial charge in [-0.3, -0.25) is 9.88 Å². The van der Waals surface area contributed by atoms with Gasteiger partial charge in [-0.1, -0.05) is 18.2 Å². The summed E-state index contributed by atoms with van der Waals surface area (Å²) in [5.41, 5.74) is 3.55. The maximum Gasteiger partial charge on any atom is 0.142 e. The zero-order valence-corrected chi connectivity index (χ0v) is 17.9. The second-order valence-electron chi connectivity index (χ2n) is 8.64. The van der Waals surface area contributed by atoms with E-state index in [1.54, 1.807) is 7.11 Å². The molecule has 0 amide bonds. The Morgan fingerprint density at radius 3 is 2.41 bits per heavy atom. The molecule has 1 saturated carbocycles. The Morgan fingerprint density at radius 1 is 1.07 bits per heavy atom. The molecular weight excluding hydrogens is 362 g/mol. The van der Waals surface area contributed by atoms with Crippen molar-refractivity contribution in [1.82, 2.24) is 9.88 Å². The highest BCUT2D eigenvalue weighted by atomic mass is 16.5. The number of ether oxygens (including phenoxy) is 1. The van der Waals surface area contributed by atoms with Gasteiger partial charge in [0.1, 0.15) is 11.4 Å². The fourth-order valence-corrected chi connectivity index (χ4v) is 5.10. The van der Waals surface area contributed by atoms with E-state index in [0.29, 0.717) is 6.04 Å². The van der Waals surface area contributed by atoms with Gasteiger partial charge in [-0.15, -0.1) is 0 Å². The Balaban J connectivity index is 1.35. The third-order valence-corrected chi connectivity index (χ3v) is 6.69. The molecule has 0 atom stereocenters. The molecule has 5 heteroatoms. The van der Waals surface area contributed by atoms with E-state index >= 15 is 0 Å². The first-order chi connectivity index (χ1) is 14.0. The van der Waals surface area contributed by atoms with Crippen LogP contribution < -0.4 is 9.64 Å². The lowest BCUT2D eigenvalue weighted by Gasteiger charge is -2.44. The molecule has 0 radical (unpaired) electrons. The number of piperazine rings is 1. The van der Waals surface area contributed by atoms with Crippen LogP contribution in [-0.2, 0) is 5.60 Å². The fraction of sp³-hybridized carbons (Fsp3) is 0.542. The second-order valence-corrected chi connectivity index (χ2v) is 8.64. The summed E-state index contributed by atoms with van der Waals surface area (Å²) < 4.78 is 5.53. The van der Waals surface area contributed by atoms with Crippen LogP contribution in [0.15, 0.2) is 36.5 Å². The van der Waals surface area contributed by atoms with Gasteiger partial charge in [0, 0.05) is 38.4 Å². The summed E-state index contributed by atoms with van der Waals surface area (Å²) in [6, 6.07) is 11.0. The quantitative estimate of drug-likeness (QED) is 0.856. The molecule has 2 aromatic rings. The summed E-state index contributed by atoms with van der Waals surface area (Å²) in [6.07, 6.45) is 5.52. The van der Waals surface area contributed by atoms with Crippen molar-refractivity contribution in [2.75, 3.05) is 38.2 Å². The number of anilines is 1. The smallest absolute Gasteiger partial charge is 0.142 e. The summed E-state index contributed by atoms with van der Waals surface area (Å²) in [5, 5.41) is 11.3. The van der Waals surface area contributed by atoms with E-state index in [2.05, 4.69) is 46.8 Å². The van der Waals surface area contributed by atoms with Crippen molar-refractivity contribution in [3.63, 3.8) is 0 Å². The molecule has 1 aromatic heterocycles. The maximum absolute atomic E-state index is 11.3. The molecule has 29 heavy (non-hydrogen) atoms. The molecule has 1 aliphatic carbocycles. The highest BCUT2D eigenvalue weighted by Gasteiger charge is 2.39. The zero-order chi connectivity index (χ0) is 20.4. The van der Waals surface area contributed by atoms with Gasteiger partial charge in [-0.25, -0.2) is 0 Å². The van der Waals surface area contributed by atoms with E-state index in [9.17, 15) is 5.11 Å². The molecule has 0 unspecified atom stereocenters. The lowest BCUT2D eigenvalue weighted by molar-refractivity contribution is -0.0295. The number of benzene rings is 1. The normalized spacial score (nSPS) is 25.8. The molecule has 5 nitrogen and oxygen atoms in total. The number of hydrogen-bond donors (Lipinski definition) is 1. The van der Waals surface area contributed by atoms with E-state index < -0.39 is 5.60 Å². The van der Waals surface area contributed by atoms with Gasteiger partial charge < -0.3 is 14.7 Å². The lowest BCUT2D eigenvalue weighted by Crippen LogP contribution is -2.52. The number of hydrogen-bond acceptors (Lipinski definition) is 5. The molecule has 2 aliphatic rings. The molecule has 1 aromatic carbocycles. The van der Waals surface area contributed by atoms with Crippen molar-refractivity contribution < 1.29 is 9.84 Å². The summed E-state index contributed by atoms with van der Waals surface area (Å²) >= 11 is 0. The molecule has 156 valence electrons. The predicted molar refractivity (Wildman–Crippen MR) is 117 cm³/mol. The minimum Gasteiger partial charge on any atom is -0.495 e. The molecular formula is C24H33N3O2. The molecule has 0 bridgehead atoms. The summed E-state index contributed by atoms with van der Waals surface area (Å²) in [6.45, 7) is 8.26. The Morgan fingerprint density at radius 2 is 1.76 bits per heavy atom. The zero-order valence-electron chi connectivity index (χ0n) is 17.9. The largest absolute Gasteiger partial charge is 0.495 e. The average Bonchev–Trinajstić information content (AvgIpc) is 2.74. The van der Waals surface area contributed by atoms with Crippen molar-refractivity contribution in [3.05, 3.63) is 53.3 Å². The number of rotatable bonds is 4. The van der Waals surface area contributed by atoms with Crippen LogP contribution in [0.2, 0.25) is 0 Å². The van der Waals surface area contributed by atoms with Crippen LogP contribution in [0.25, 0.3) is 0 Å². The molecule has 1 N–H and O–H groups in total. The summed E-state index contributed by atoms with van der Waals surface area (Å²) in [7, 11) is 1.74. The number of aromatic nitrogens is 1. The van der Waals surface area contributed by atoms with Crippen LogP contribution in [-0.4, -0.2) is 54.3 Å². The number of pyridine rings is 1. The van der Waals surface area contributed by atoms with Crippen LogP contribution in [0.3, 0.4) is 0 Å². The van der Waals surface area contributed by atoms with Crippen LogP contribution in [0.1, 0.15) is 42.5 Å². The molecule has 0 spiro atoms. The molecule has 2 heterocycles. The number of aliphatic hydroxyl groups is 1. The molecule has 4 rings (SSSR count). The number of aryl methyl sites for hydroxylation is 2. The lowest BCUT2D eigenvalue weighted by atomic mass is 9.78. The Kier molecular flexibility index (Phi) is 5.79. The van der Waals surface area contributed by atoms with Crippen molar-refractivity contribution in [2.24, 2.45) is 0 Å². The minimum absolute atomic E-state index is 0.556. The maximum atomic E-state index is 11.3. The van der Waals surface area contributed by atoms with Crippen molar-refractivity contribution >= 4 is 5.69 Å². The second kappa shape index (κ2) is 8.33. The number of para-hydroxylation sites is 2. The van der Waals surface area contributed by atoms with Gasteiger partial charge in [0.2, 0.25) is 0 Å². The van der Waals surface area contributed by atoms with E-state index in [1.807, 2.05) is 18.3 Å².